The first-order valence-electron chi connectivity index (χ1n) is 8.15. The van der Waals surface area contributed by atoms with Gasteiger partial charge in [0.15, 0.2) is 0 Å². The average molecular weight is 335 g/mol. The van der Waals surface area contributed by atoms with Gasteiger partial charge in [-0.05, 0) is 23.6 Å². The molecular formula is C20H21N3O2. The maximum atomic E-state index is 12.1. The molecule has 0 radical (unpaired) electrons. The van der Waals surface area contributed by atoms with Crippen molar-refractivity contribution in [1.29, 1.82) is 0 Å². The van der Waals surface area contributed by atoms with E-state index in [1.54, 1.807) is 6.20 Å². The molecule has 0 saturated heterocycles. The highest BCUT2D eigenvalue weighted by Crippen LogP contribution is 2.14. The van der Waals surface area contributed by atoms with Gasteiger partial charge >= 0.3 is 5.56 Å². The summed E-state index contributed by atoms with van der Waals surface area (Å²) in [5.41, 5.74) is 3.10. The van der Waals surface area contributed by atoms with Gasteiger partial charge in [0.05, 0.1) is 19.9 Å². The molecule has 0 spiro atoms. The van der Waals surface area contributed by atoms with Gasteiger partial charge in [-0.25, -0.2) is 0 Å². The first-order valence-corrected chi connectivity index (χ1v) is 8.15. The van der Waals surface area contributed by atoms with E-state index in [1.807, 2.05) is 47.0 Å². The summed E-state index contributed by atoms with van der Waals surface area (Å²) in [6.45, 7) is 3.26. The predicted molar refractivity (Wildman–Crippen MR) is 99.1 cm³/mol. The number of aryl methyl sites for hydroxylation is 1. The SMILES string of the molecule is COc1cn(Cc2ccccc2)c(NCc2ccccc2C)nc1=O. The summed E-state index contributed by atoms with van der Waals surface area (Å²) in [6.07, 6.45) is 1.70. The molecule has 128 valence electrons. The lowest BCUT2D eigenvalue weighted by Crippen LogP contribution is -2.20. The first kappa shape index (κ1) is 16.8. The van der Waals surface area contributed by atoms with Crippen LogP contribution in [0.15, 0.2) is 65.6 Å². The van der Waals surface area contributed by atoms with Crippen molar-refractivity contribution in [2.45, 2.75) is 20.0 Å². The Labute approximate surface area is 146 Å². The summed E-state index contributed by atoms with van der Waals surface area (Å²) in [5, 5.41) is 3.28. The maximum Gasteiger partial charge on any atom is 0.316 e. The van der Waals surface area contributed by atoms with Crippen LogP contribution in [0.5, 0.6) is 5.75 Å². The Balaban J connectivity index is 1.90. The summed E-state index contributed by atoms with van der Waals surface area (Å²) in [5.74, 6) is 0.760. The molecule has 3 aromatic rings. The lowest BCUT2D eigenvalue weighted by molar-refractivity contribution is 0.402. The minimum atomic E-state index is -0.376. The minimum absolute atomic E-state index is 0.234. The number of nitrogens with one attached hydrogen (secondary N) is 1. The van der Waals surface area contributed by atoms with E-state index in [9.17, 15) is 4.79 Å². The quantitative estimate of drug-likeness (QED) is 0.751. The van der Waals surface area contributed by atoms with Crippen LogP contribution in [0.25, 0.3) is 0 Å². The third-order valence-corrected chi connectivity index (χ3v) is 4.08. The van der Waals surface area contributed by atoms with E-state index in [0.717, 1.165) is 5.56 Å². The summed E-state index contributed by atoms with van der Waals surface area (Å²) in [6, 6.07) is 18.2. The molecule has 3 rings (SSSR count). The van der Waals surface area contributed by atoms with Crippen molar-refractivity contribution in [3.63, 3.8) is 0 Å². The van der Waals surface area contributed by atoms with Gasteiger partial charge in [-0.3, -0.25) is 4.79 Å². The van der Waals surface area contributed by atoms with E-state index in [2.05, 4.69) is 29.4 Å². The van der Waals surface area contributed by atoms with Gasteiger partial charge in [-0.2, -0.15) is 4.98 Å². The molecule has 0 aliphatic heterocycles. The van der Waals surface area contributed by atoms with Crippen LogP contribution in [-0.4, -0.2) is 16.7 Å². The van der Waals surface area contributed by atoms with E-state index < -0.39 is 0 Å². The van der Waals surface area contributed by atoms with Crippen LogP contribution in [0, 0.1) is 6.92 Å². The highest BCUT2D eigenvalue weighted by molar-refractivity contribution is 5.35. The molecular weight excluding hydrogens is 314 g/mol. The van der Waals surface area contributed by atoms with E-state index in [1.165, 1.54) is 18.2 Å². The molecule has 5 heteroatoms. The topological polar surface area (TPSA) is 56.1 Å². The van der Waals surface area contributed by atoms with Gasteiger partial charge in [0, 0.05) is 6.54 Å². The summed E-state index contributed by atoms with van der Waals surface area (Å²) >= 11 is 0. The highest BCUT2D eigenvalue weighted by Gasteiger charge is 2.10. The lowest BCUT2D eigenvalue weighted by Gasteiger charge is -2.16. The fourth-order valence-corrected chi connectivity index (χ4v) is 2.64. The molecule has 0 aliphatic carbocycles. The minimum Gasteiger partial charge on any atom is -0.490 e. The normalized spacial score (nSPS) is 10.5. The summed E-state index contributed by atoms with van der Waals surface area (Å²) in [4.78, 5) is 16.2. The monoisotopic (exact) mass is 335 g/mol. The predicted octanol–water partition coefficient (Wildman–Crippen LogP) is 3.22. The van der Waals surface area contributed by atoms with Crippen molar-refractivity contribution >= 4 is 5.95 Å². The molecule has 0 atom stereocenters. The fourth-order valence-electron chi connectivity index (χ4n) is 2.64. The van der Waals surface area contributed by atoms with Gasteiger partial charge in [0.1, 0.15) is 0 Å². The average Bonchev–Trinajstić information content (AvgIpc) is 2.63. The van der Waals surface area contributed by atoms with Crippen LogP contribution in [0.1, 0.15) is 16.7 Å². The van der Waals surface area contributed by atoms with Gasteiger partial charge in [-0.1, -0.05) is 54.6 Å². The standard InChI is InChI=1S/C20H21N3O2/c1-15-8-6-7-11-17(15)12-21-20-22-19(24)18(25-2)14-23(20)13-16-9-4-3-5-10-16/h3-11,14H,12-13H2,1-2H3,(H,21,22,24). The van der Waals surface area contributed by atoms with Crippen LogP contribution < -0.4 is 15.6 Å². The smallest absolute Gasteiger partial charge is 0.316 e. The van der Waals surface area contributed by atoms with Crippen LogP contribution in [0.2, 0.25) is 0 Å². The molecule has 1 N–H and O–H groups in total. The Morgan fingerprint density at radius 2 is 1.80 bits per heavy atom. The Kier molecular flexibility index (Phi) is 5.14. The third kappa shape index (κ3) is 4.07. The zero-order valence-corrected chi connectivity index (χ0v) is 14.4. The molecule has 1 aromatic heterocycles. The first-order chi connectivity index (χ1) is 12.2. The van der Waals surface area contributed by atoms with E-state index >= 15 is 0 Å². The number of rotatable bonds is 6. The maximum absolute atomic E-state index is 12.1. The van der Waals surface area contributed by atoms with Crippen molar-refractivity contribution in [3.05, 3.63) is 87.8 Å². The molecule has 0 fully saturated rings. The summed E-state index contributed by atoms with van der Waals surface area (Å²) < 4.78 is 7.03. The number of anilines is 1. The molecule has 0 amide bonds. The van der Waals surface area contributed by atoms with Gasteiger partial charge in [0.25, 0.3) is 0 Å². The van der Waals surface area contributed by atoms with Crippen LogP contribution in [-0.2, 0) is 13.1 Å². The van der Waals surface area contributed by atoms with E-state index in [-0.39, 0.29) is 11.3 Å². The number of nitrogens with zero attached hydrogens (tertiary/aromatic N) is 2. The second-order valence-electron chi connectivity index (χ2n) is 5.83. The Hall–Kier alpha value is -3.08. The number of aromatic nitrogens is 2. The van der Waals surface area contributed by atoms with Crippen LogP contribution >= 0.6 is 0 Å². The number of benzene rings is 2. The summed E-state index contributed by atoms with van der Waals surface area (Å²) in [7, 11) is 1.48. The number of methoxy groups -OCH3 is 1. The number of hydrogen-bond donors (Lipinski definition) is 1. The van der Waals surface area contributed by atoms with Crippen LogP contribution in [0.3, 0.4) is 0 Å². The van der Waals surface area contributed by atoms with Crippen molar-refractivity contribution in [3.8, 4) is 5.75 Å². The molecule has 0 saturated carbocycles. The van der Waals surface area contributed by atoms with Crippen molar-refractivity contribution < 1.29 is 4.74 Å². The van der Waals surface area contributed by atoms with E-state index in [4.69, 9.17) is 4.74 Å². The fraction of sp³-hybridized carbons (Fsp3) is 0.200. The molecule has 0 bridgehead atoms. The molecule has 5 nitrogen and oxygen atoms in total. The zero-order valence-electron chi connectivity index (χ0n) is 14.4. The molecule has 25 heavy (non-hydrogen) atoms. The Morgan fingerprint density at radius 1 is 1.08 bits per heavy atom. The number of hydrogen-bond acceptors (Lipinski definition) is 4. The van der Waals surface area contributed by atoms with E-state index in [0.29, 0.717) is 19.0 Å². The Bertz CT molecular complexity index is 904. The molecule has 0 aliphatic rings. The second kappa shape index (κ2) is 7.66. The molecule has 2 aromatic carbocycles. The van der Waals surface area contributed by atoms with Gasteiger partial charge in [0.2, 0.25) is 11.7 Å². The Morgan fingerprint density at radius 3 is 2.52 bits per heavy atom. The van der Waals surface area contributed by atoms with Gasteiger partial charge < -0.3 is 14.6 Å². The van der Waals surface area contributed by atoms with Gasteiger partial charge in [-0.15, -0.1) is 0 Å². The van der Waals surface area contributed by atoms with Crippen molar-refractivity contribution in [2.24, 2.45) is 0 Å². The second-order valence-corrected chi connectivity index (χ2v) is 5.83. The van der Waals surface area contributed by atoms with Crippen LogP contribution in [0.4, 0.5) is 5.95 Å². The van der Waals surface area contributed by atoms with Crippen molar-refractivity contribution in [2.75, 3.05) is 12.4 Å². The molecule has 1 heterocycles. The highest BCUT2D eigenvalue weighted by atomic mass is 16.5. The third-order valence-electron chi connectivity index (χ3n) is 4.08. The number of ether oxygens (including phenoxy) is 1. The zero-order chi connectivity index (χ0) is 17.6. The van der Waals surface area contributed by atoms with Crippen molar-refractivity contribution in [1.82, 2.24) is 9.55 Å². The molecule has 0 unspecified atom stereocenters. The largest absolute Gasteiger partial charge is 0.490 e. The lowest BCUT2D eigenvalue weighted by atomic mass is 10.1.